The summed E-state index contributed by atoms with van der Waals surface area (Å²) in [6.07, 6.45) is 0. The van der Waals surface area contributed by atoms with E-state index in [1.165, 1.54) is 34.1 Å². The summed E-state index contributed by atoms with van der Waals surface area (Å²) in [5.74, 6) is 0. The predicted molar refractivity (Wildman–Crippen MR) is 200 cm³/mol. The number of non-ortho nitro benzene ring substituents is 4. The fraction of sp³-hybridized carbons (Fsp3) is 0.133. The van der Waals surface area contributed by atoms with Crippen molar-refractivity contribution >= 4 is 88.8 Å². The molecule has 0 bridgehead atoms. The lowest BCUT2D eigenvalue weighted by atomic mass is 10.3. The number of thiocarbonyl (C=S) groups is 2. The lowest BCUT2D eigenvalue weighted by Gasteiger charge is -2.41. The minimum Gasteiger partial charge on any atom is -0.344 e. The normalized spacial score (nSPS) is 13.1. The molecule has 0 spiro atoms. The SMILES string of the molecule is O=[N+]([O-])c1ccc(N(C(=S)N2CCN(C(=S)N(c3ccc([N+](=O)[O-])cc3)S(=O)(=O)c3ccc([N+](=O)[O-])cc3)CC2)S(=O)(=O)c2ccc([N+](=O)[O-])cc2)cc1. The average Bonchev–Trinajstić information content (AvgIpc) is 3.15. The van der Waals surface area contributed by atoms with Crippen molar-refractivity contribution in [3.05, 3.63) is 138 Å². The molecule has 0 amide bonds. The van der Waals surface area contributed by atoms with Gasteiger partial charge < -0.3 is 9.80 Å². The third kappa shape index (κ3) is 7.89. The third-order valence-corrected chi connectivity index (χ3v) is 12.5. The first-order valence-corrected chi connectivity index (χ1v) is 18.8. The number of hydrogen-bond acceptors (Lipinski definition) is 14. The Bertz CT molecular complexity index is 2200. The Morgan fingerprint density at radius 3 is 0.907 bits per heavy atom. The number of nitro benzene ring substituents is 4. The number of rotatable bonds is 10. The molecule has 4 aromatic carbocycles. The van der Waals surface area contributed by atoms with E-state index in [0.29, 0.717) is 0 Å². The van der Waals surface area contributed by atoms with Gasteiger partial charge in [-0.15, -0.1) is 0 Å². The van der Waals surface area contributed by atoms with E-state index in [0.717, 1.165) is 81.4 Å². The van der Waals surface area contributed by atoms with Crippen LogP contribution in [0.4, 0.5) is 34.1 Å². The van der Waals surface area contributed by atoms with Gasteiger partial charge in [0.05, 0.1) is 40.9 Å². The molecule has 1 saturated heterocycles. The number of nitrogens with zero attached hydrogens (tertiary/aromatic N) is 8. The van der Waals surface area contributed by atoms with Gasteiger partial charge >= 0.3 is 0 Å². The highest BCUT2D eigenvalue weighted by molar-refractivity contribution is 7.96. The highest BCUT2D eigenvalue weighted by atomic mass is 32.2. The van der Waals surface area contributed by atoms with Gasteiger partial charge in [0.2, 0.25) is 0 Å². The van der Waals surface area contributed by atoms with Crippen LogP contribution in [0.1, 0.15) is 0 Å². The fourth-order valence-electron chi connectivity index (χ4n) is 5.16. The van der Waals surface area contributed by atoms with Crippen molar-refractivity contribution in [1.29, 1.82) is 0 Å². The summed E-state index contributed by atoms with van der Waals surface area (Å²) < 4.78 is 57.6. The first-order chi connectivity index (χ1) is 25.4. The molecular weight excluding hydrogens is 793 g/mol. The van der Waals surface area contributed by atoms with Gasteiger partial charge in [0, 0.05) is 74.7 Å². The molecule has 24 heteroatoms. The molecule has 1 aliphatic rings. The van der Waals surface area contributed by atoms with Gasteiger partial charge in [0.15, 0.2) is 10.2 Å². The standard InChI is InChI=1S/C30H24N8O12S4/c39-35(40)23-5-1-21(2-6-23)33(53(47,48)27-13-9-25(10-14-27)37(43)44)29(51)31-17-19-32(20-18-31)30(52)34(22-3-7-24(8-4-22)36(41)42)54(49,50)28-15-11-26(12-16-28)38(45)46/h1-16H,17-20H2. The predicted octanol–water partition coefficient (Wildman–Crippen LogP) is 4.60. The van der Waals surface area contributed by atoms with E-state index in [9.17, 15) is 57.3 Å². The number of sulfonamides is 2. The zero-order valence-electron chi connectivity index (χ0n) is 27.2. The van der Waals surface area contributed by atoms with Gasteiger partial charge in [-0.25, -0.2) is 25.4 Å². The van der Waals surface area contributed by atoms with Crippen LogP contribution in [0.15, 0.2) is 107 Å². The van der Waals surface area contributed by atoms with Crippen LogP contribution in [0.5, 0.6) is 0 Å². The molecule has 0 aromatic heterocycles. The molecule has 0 aliphatic carbocycles. The topological polar surface area (TPSA) is 254 Å². The summed E-state index contributed by atoms with van der Waals surface area (Å²) in [4.78, 5) is 44.4. The Morgan fingerprint density at radius 2 is 0.685 bits per heavy atom. The largest absolute Gasteiger partial charge is 0.344 e. The van der Waals surface area contributed by atoms with E-state index in [1.54, 1.807) is 0 Å². The van der Waals surface area contributed by atoms with Crippen molar-refractivity contribution in [2.75, 3.05) is 34.8 Å². The van der Waals surface area contributed by atoms with E-state index >= 15 is 0 Å². The van der Waals surface area contributed by atoms with Gasteiger partial charge in [0.25, 0.3) is 42.8 Å². The van der Waals surface area contributed by atoms with Crippen LogP contribution in [0, 0.1) is 40.5 Å². The Hall–Kier alpha value is -6.24. The summed E-state index contributed by atoms with van der Waals surface area (Å²) in [6.45, 7) is -0.151. The van der Waals surface area contributed by atoms with Gasteiger partial charge in [-0.05, 0) is 73.0 Å². The zero-order valence-corrected chi connectivity index (χ0v) is 30.4. The minimum absolute atomic E-state index is 0.0378. The molecule has 20 nitrogen and oxygen atoms in total. The van der Waals surface area contributed by atoms with Crippen LogP contribution >= 0.6 is 24.4 Å². The van der Waals surface area contributed by atoms with Crippen LogP contribution in [0.3, 0.4) is 0 Å². The fourth-order valence-corrected chi connectivity index (χ4v) is 9.15. The molecule has 1 aliphatic heterocycles. The number of piperazine rings is 1. The molecule has 0 atom stereocenters. The first-order valence-electron chi connectivity index (χ1n) is 15.1. The molecule has 0 saturated carbocycles. The molecule has 1 heterocycles. The van der Waals surface area contributed by atoms with Crippen LogP contribution in [0.25, 0.3) is 0 Å². The molecule has 0 unspecified atom stereocenters. The van der Waals surface area contributed by atoms with Crippen molar-refractivity contribution in [1.82, 2.24) is 9.80 Å². The molecule has 54 heavy (non-hydrogen) atoms. The van der Waals surface area contributed by atoms with E-state index in [4.69, 9.17) is 24.4 Å². The highest BCUT2D eigenvalue weighted by Gasteiger charge is 2.37. The van der Waals surface area contributed by atoms with Crippen LogP contribution in [0.2, 0.25) is 0 Å². The van der Waals surface area contributed by atoms with Crippen molar-refractivity contribution < 1.29 is 36.5 Å². The second-order valence-electron chi connectivity index (χ2n) is 11.1. The second-order valence-corrected chi connectivity index (χ2v) is 15.4. The van der Waals surface area contributed by atoms with E-state index in [2.05, 4.69) is 0 Å². The van der Waals surface area contributed by atoms with Crippen molar-refractivity contribution in [3.8, 4) is 0 Å². The third-order valence-electron chi connectivity index (χ3n) is 7.93. The Labute approximate surface area is 316 Å². The zero-order chi connectivity index (χ0) is 39.5. The quantitative estimate of drug-likeness (QED) is 0.120. The Kier molecular flexibility index (Phi) is 11.1. The molecule has 5 rings (SSSR count). The second kappa shape index (κ2) is 15.4. The maximum Gasteiger partial charge on any atom is 0.270 e. The Balaban J connectivity index is 1.45. The molecule has 0 N–H and O–H groups in total. The first kappa shape index (κ1) is 39.0. The van der Waals surface area contributed by atoms with Crippen molar-refractivity contribution in [2.24, 2.45) is 0 Å². The summed E-state index contributed by atoms with van der Waals surface area (Å²) in [5, 5.41) is 44.4. The van der Waals surface area contributed by atoms with Crippen molar-refractivity contribution in [2.45, 2.75) is 9.79 Å². The van der Waals surface area contributed by atoms with E-state index in [-0.39, 0.29) is 80.3 Å². The monoisotopic (exact) mass is 816 g/mol. The highest BCUT2D eigenvalue weighted by Crippen LogP contribution is 2.31. The summed E-state index contributed by atoms with van der Waals surface area (Å²) in [7, 11) is -9.17. The van der Waals surface area contributed by atoms with Crippen LogP contribution in [-0.4, -0.2) is 82.7 Å². The molecule has 1 fully saturated rings. The molecular formula is C30H24N8O12S4. The number of nitro groups is 4. The maximum atomic E-state index is 14.0. The molecule has 280 valence electrons. The average molecular weight is 817 g/mol. The van der Waals surface area contributed by atoms with Crippen molar-refractivity contribution in [3.63, 3.8) is 0 Å². The van der Waals surface area contributed by atoms with Gasteiger partial charge in [0.1, 0.15) is 0 Å². The van der Waals surface area contributed by atoms with Gasteiger partial charge in [-0.2, -0.15) is 0 Å². The summed E-state index contributed by atoms with van der Waals surface area (Å²) in [5.41, 5.74) is -1.57. The Morgan fingerprint density at radius 1 is 0.463 bits per heavy atom. The van der Waals surface area contributed by atoms with Gasteiger partial charge in [-0.1, -0.05) is 0 Å². The lowest BCUT2D eigenvalue weighted by molar-refractivity contribution is -0.385. The lowest BCUT2D eigenvalue weighted by Crippen LogP contribution is -2.57. The van der Waals surface area contributed by atoms with E-state index in [1.807, 2.05) is 0 Å². The number of anilines is 2. The maximum absolute atomic E-state index is 14.0. The van der Waals surface area contributed by atoms with Gasteiger partial charge in [-0.3, -0.25) is 40.5 Å². The summed E-state index contributed by atoms with van der Waals surface area (Å²) >= 11 is 11.3. The smallest absolute Gasteiger partial charge is 0.270 e. The van der Waals surface area contributed by atoms with Crippen LogP contribution < -0.4 is 8.61 Å². The molecule has 0 radical (unpaired) electrons. The minimum atomic E-state index is -4.58. The summed E-state index contributed by atoms with van der Waals surface area (Å²) in [6, 6.07) is 17.0. The molecule has 4 aromatic rings. The number of benzene rings is 4. The van der Waals surface area contributed by atoms with E-state index < -0.39 is 39.7 Å². The number of hydrogen-bond donors (Lipinski definition) is 0. The van der Waals surface area contributed by atoms with Crippen LogP contribution in [-0.2, 0) is 20.0 Å².